The summed E-state index contributed by atoms with van der Waals surface area (Å²) in [5, 5.41) is 12.1. The lowest BCUT2D eigenvalue weighted by Crippen LogP contribution is -2.52. The van der Waals surface area contributed by atoms with E-state index in [1.807, 2.05) is 38.1 Å². The number of carboxylic acid groups (broad SMARTS) is 1. The summed E-state index contributed by atoms with van der Waals surface area (Å²) in [5.74, 6) is -1.56. The molecule has 2 atom stereocenters. The van der Waals surface area contributed by atoms with Crippen molar-refractivity contribution in [3.8, 4) is 11.1 Å². The molecule has 0 saturated carbocycles. The van der Waals surface area contributed by atoms with Crippen molar-refractivity contribution in [3.63, 3.8) is 0 Å². The summed E-state index contributed by atoms with van der Waals surface area (Å²) in [7, 11) is 0. The highest BCUT2D eigenvalue weighted by atomic mass is 16.5. The molecule has 2 aliphatic rings. The highest BCUT2D eigenvalue weighted by molar-refractivity contribution is 5.84. The summed E-state index contributed by atoms with van der Waals surface area (Å²) in [6.07, 6.45) is 1.21. The Bertz CT molecular complexity index is 1040. The highest BCUT2D eigenvalue weighted by Crippen LogP contribution is 2.44. The van der Waals surface area contributed by atoms with E-state index in [4.69, 9.17) is 4.74 Å². The molecule has 0 bridgehead atoms. The monoisotopic (exact) mass is 464 g/mol. The first-order chi connectivity index (χ1) is 16.3. The van der Waals surface area contributed by atoms with Crippen LogP contribution in [0.4, 0.5) is 4.79 Å². The molecular weight excluding hydrogens is 432 g/mol. The molecule has 1 fully saturated rings. The molecule has 1 aliphatic heterocycles. The van der Waals surface area contributed by atoms with Gasteiger partial charge in [-0.3, -0.25) is 9.59 Å². The van der Waals surface area contributed by atoms with Gasteiger partial charge in [-0.25, -0.2) is 4.79 Å². The van der Waals surface area contributed by atoms with Crippen LogP contribution in [0.2, 0.25) is 0 Å². The van der Waals surface area contributed by atoms with Crippen LogP contribution in [0.15, 0.2) is 48.5 Å². The lowest BCUT2D eigenvalue weighted by Gasteiger charge is -2.37. The number of aliphatic carboxylic acids is 1. The van der Waals surface area contributed by atoms with Gasteiger partial charge in [-0.15, -0.1) is 0 Å². The number of benzene rings is 2. The van der Waals surface area contributed by atoms with Crippen LogP contribution >= 0.6 is 0 Å². The van der Waals surface area contributed by atoms with Gasteiger partial charge in [-0.1, -0.05) is 55.5 Å². The van der Waals surface area contributed by atoms with E-state index in [9.17, 15) is 19.5 Å². The molecule has 2 unspecified atom stereocenters. The fourth-order valence-electron chi connectivity index (χ4n) is 5.01. The highest BCUT2D eigenvalue weighted by Gasteiger charge is 2.38. The smallest absolute Gasteiger partial charge is 0.407 e. The fraction of sp³-hybridized carbons (Fsp3) is 0.444. The van der Waals surface area contributed by atoms with E-state index in [1.54, 1.807) is 4.90 Å². The molecule has 2 aromatic carbocycles. The van der Waals surface area contributed by atoms with Crippen LogP contribution in [0.25, 0.3) is 11.1 Å². The maximum absolute atomic E-state index is 13.2. The maximum atomic E-state index is 13.2. The van der Waals surface area contributed by atoms with E-state index >= 15 is 0 Å². The minimum Gasteiger partial charge on any atom is -0.481 e. The number of amides is 2. The molecule has 7 nitrogen and oxygen atoms in total. The summed E-state index contributed by atoms with van der Waals surface area (Å²) in [4.78, 5) is 38.8. The van der Waals surface area contributed by atoms with Gasteiger partial charge in [0.25, 0.3) is 0 Å². The summed E-state index contributed by atoms with van der Waals surface area (Å²) >= 11 is 0. The van der Waals surface area contributed by atoms with E-state index in [0.717, 1.165) is 22.3 Å². The Kier molecular flexibility index (Phi) is 6.91. The van der Waals surface area contributed by atoms with Gasteiger partial charge < -0.3 is 20.1 Å². The predicted octanol–water partition coefficient (Wildman–Crippen LogP) is 4.26. The molecule has 1 heterocycles. The number of fused-ring (bicyclic) bond motifs is 3. The van der Waals surface area contributed by atoms with Crippen LogP contribution in [-0.2, 0) is 14.3 Å². The largest absolute Gasteiger partial charge is 0.481 e. The molecule has 1 aliphatic carbocycles. The molecule has 2 aromatic rings. The van der Waals surface area contributed by atoms with Crippen LogP contribution in [0, 0.1) is 11.3 Å². The summed E-state index contributed by atoms with van der Waals surface area (Å²) < 4.78 is 5.60. The number of rotatable bonds is 7. The Labute approximate surface area is 200 Å². The van der Waals surface area contributed by atoms with E-state index < -0.39 is 23.4 Å². The normalized spacial score (nSPS) is 19.0. The molecule has 0 spiro atoms. The van der Waals surface area contributed by atoms with Crippen molar-refractivity contribution in [2.75, 3.05) is 26.2 Å². The third kappa shape index (κ3) is 4.65. The zero-order valence-electron chi connectivity index (χ0n) is 19.8. The molecular formula is C27H32N2O5. The number of likely N-dealkylation sites (tertiary alicyclic amines) is 1. The van der Waals surface area contributed by atoms with Crippen molar-refractivity contribution in [3.05, 3.63) is 59.7 Å². The van der Waals surface area contributed by atoms with Gasteiger partial charge in [0.2, 0.25) is 5.91 Å². The van der Waals surface area contributed by atoms with E-state index in [2.05, 4.69) is 29.6 Å². The molecule has 0 aromatic heterocycles. The second kappa shape index (κ2) is 9.87. The molecule has 4 rings (SSSR count). The summed E-state index contributed by atoms with van der Waals surface area (Å²) in [5.41, 5.74) is 3.78. The average Bonchev–Trinajstić information content (AvgIpc) is 3.19. The number of ether oxygens (including phenoxy) is 1. The van der Waals surface area contributed by atoms with E-state index in [-0.39, 0.29) is 31.5 Å². The maximum Gasteiger partial charge on any atom is 0.407 e. The quantitative estimate of drug-likeness (QED) is 0.638. The Morgan fingerprint density at radius 1 is 1.09 bits per heavy atom. The Morgan fingerprint density at radius 3 is 2.29 bits per heavy atom. The number of alkyl carbamates (subject to hydrolysis) is 1. The third-order valence-electron chi connectivity index (χ3n) is 7.32. The van der Waals surface area contributed by atoms with Crippen LogP contribution in [0.3, 0.4) is 0 Å². The number of hydrogen-bond donors (Lipinski definition) is 2. The lowest BCUT2D eigenvalue weighted by molar-refractivity contribution is -0.149. The summed E-state index contributed by atoms with van der Waals surface area (Å²) in [6.45, 7) is 4.81. The second-order valence-corrected chi connectivity index (χ2v) is 9.52. The zero-order chi connectivity index (χ0) is 24.3. The van der Waals surface area contributed by atoms with Gasteiger partial charge in [-0.05, 0) is 48.4 Å². The van der Waals surface area contributed by atoms with Crippen molar-refractivity contribution >= 4 is 18.0 Å². The van der Waals surface area contributed by atoms with Crippen molar-refractivity contribution in [2.24, 2.45) is 11.3 Å². The van der Waals surface area contributed by atoms with Crippen LogP contribution in [-0.4, -0.2) is 54.2 Å². The minimum atomic E-state index is -0.868. The zero-order valence-corrected chi connectivity index (χ0v) is 19.8. The number of carboxylic acids is 1. The Hall–Kier alpha value is -3.35. The first-order valence-corrected chi connectivity index (χ1v) is 11.9. The first-order valence-electron chi connectivity index (χ1n) is 11.9. The van der Waals surface area contributed by atoms with Gasteiger partial charge >= 0.3 is 12.1 Å². The van der Waals surface area contributed by atoms with Gasteiger partial charge in [0.15, 0.2) is 0 Å². The topological polar surface area (TPSA) is 95.9 Å². The van der Waals surface area contributed by atoms with E-state index in [0.29, 0.717) is 25.8 Å². The molecule has 2 N–H and O–H groups in total. The minimum absolute atomic E-state index is 0.0290. The average molecular weight is 465 g/mol. The molecule has 0 radical (unpaired) electrons. The van der Waals surface area contributed by atoms with Gasteiger partial charge in [-0.2, -0.15) is 0 Å². The summed E-state index contributed by atoms with van der Waals surface area (Å²) in [6, 6.07) is 16.3. The standard InChI is InChI=1S/C27H32N2O5/c1-3-27(2,25(32)29-14-8-9-18(15-29)24(30)31)17-28-26(33)34-16-23-21-12-6-4-10-19(21)20-11-5-7-13-22(20)23/h4-7,10-13,18,23H,3,8-9,14-17H2,1-2H3,(H,28,33)(H,30,31). The molecule has 1 saturated heterocycles. The van der Waals surface area contributed by atoms with Gasteiger partial charge in [0, 0.05) is 25.6 Å². The number of piperidine rings is 1. The molecule has 34 heavy (non-hydrogen) atoms. The fourth-order valence-corrected chi connectivity index (χ4v) is 5.01. The van der Waals surface area contributed by atoms with E-state index in [1.165, 1.54) is 0 Å². The number of carbonyl (C=O) groups is 3. The number of carbonyl (C=O) groups excluding carboxylic acids is 2. The molecule has 7 heteroatoms. The van der Waals surface area contributed by atoms with Crippen molar-refractivity contribution in [1.29, 1.82) is 0 Å². The van der Waals surface area contributed by atoms with Gasteiger partial charge in [0.1, 0.15) is 6.61 Å². The third-order valence-corrected chi connectivity index (χ3v) is 7.32. The van der Waals surface area contributed by atoms with Crippen LogP contribution < -0.4 is 5.32 Å². The van der Waals surface area contributed by atoms with Crippen molar-refractivity contribution in [2.45, 2.75) is 39.0 Å². The SMILES string of the molecule is CCC(C)(CNC(=O)OCC1c2ccccc2-c2ccccc21)C(=O)N1CCCC(C(=O)O)C1. The first kappa shape index (κ1) is 23.8. The predicted molar refractivity (Wildman–Crippen MR) is 128 cm³/mol. The van der Waals surface area contributed by atoms with Gasteiger partial charge in [0.05, 0.1) is 11.3 Å². The Morgan fingerprint density at radius 2 is 1.71 bits per heavy atom. The molecule has 180 valence electrons. The van der Waals surface area contributed by atoms with Crippen LogP contribution in [0.1, 0.15) is 50.2 Å². The van der Waals surface area contributed by atoms with Crippen LogP contribution in [0.5, 0.6) is 0 Å². The number of nitrogens with one attached hydrogen (secondary N) is 1. The lowest BCUT2D eigenvalue weighted by atomic mass is 9.84. The number of hydrogen-bond acceptors (Lipinski definition) is 4. The second-order valence-electron chi connectivity index (χ2n) is 9.52. The molecule has 2 amide bonds. The Balaban J connectivity index is 1.36. The van der Waals surface area contributed by atoms with Crippen molar-refractivity contribution in [1.82, 2.24) is 10.2 Å². The van der Waals surface area contributed by atoms with Crippen molar-refractivity contribution < 1.29 is 24.2 Å². The number of nitrogens with zero attached hydrogens (tertiary/aromatic N) is 1.